The van der Waals surface area contributed by atoms with Gasteiger partial charge in [0.1, 0.15) is 12.2 Å². The Bertz CT molecular complexity index is 138. The normalized spacial score (nSPS) is 18.2. The third-order valence-electron chi connectivity index (χ3n) is 1.78. The Kier molecular flexibility index (Phi) is 8.14. The van der Waals surface area contributed by atoms with Gasteiger partial charge in [0, 0.05) is 0 Å². The molecule has 0 aliphatic carbocycles. The fourth-order valence-electron chi connectivity index (χ4n) is 1.02. The standard InChI is InChI=1S/C9H20O3S2/c1-4-13-9(14-5-2)8(12)7(11)6(3)10/h6-12H,4-5H2,1-3H3/t6-,7-,8+/m0/s1. The first-order chi connectivity index (χ1) is 6.54. The molecule has 0 aromatic carbocycles. The van der Waals surface area contributed by atoms with Gasteiger partial charge in [-0.3, -0.25) is 0 Å². The fraction of sp³-hybridized carbons (Fsp3) is 1.00. The molecule has 0 bridgehead atoms. The minimum absolute atomic E-state index is 0.0606. The Morgan fingerprint density at radius 2 is 1.36 bits per heavy atom. The third kappa shape index (κ3) is 4.89. The highest BCUT2D eigenvalue weighted by Gasteiger charge is 2.29. The van der Waals surface area contributed by atoms with Gasteiger partial charge in [0.15, 0.2) is 0 Å². The van der Waals surface area contributed by atoms with Crippen molar-refractivity contribution in [1.82, 2.24) is 0 Å². The van der Waals surface area contributed by atoms with Gasteiger partial charge in [-0.15, -0.1) is 23.5 Å². The van der Waals surface area contributed by atoms with Crippen molar-refractivity contribution in [2.24, 2.45) is 0 Å². The molecule has 3 N–H and O–H groups in total. The van der Waals surface area contributed by atoms with Crippen LogP contribution in [0.25, 0.3) is 0 Å². The highest BCUT2D eigenvalue weighted by Crippen LogP contribution is 2.28. The van der Waals surface area contributed by atoms with Gasteiger partial charge in [-0.1, -0.05) is 13.8 Å². The van der Waals surface area contributed by atoms with Crippen molar-refractivity contribution in [1.29, 1.82) is 0 Å². The van der Waals surface area contributed by atoms with Gasteiger partial charge < -0.3 is 15.3 Å². The van der Waals surface area contributed by atoms with Crippen molar-refractivity contribution in [2.45, 2.75) is 43.7 Å². The van der Waals surface area contributed by atoms with Crippen LogP contribution in [0.1, 0.15) is 20.8 Å². The highest BCUT2D eigenvalue weighted by atomic mass is 32.2. The third-order valence-corrected chi connectivity index (χ3v) is 4.48. The molecule has 0 unspecified atom stereocenters. The number of rotatable bonds is 7. The average Bonchev–Trinajstić information content (AvgIpc) is 2.15. The smallest absolute Gasteiger partial charge is 0.107 e. The first-order valence-electron chi connectivity index (χ1n) is 4.81. The van der Waals surface area contributed by atoms with E-state index >= 15 is 0 Å². The lowest BCUT2D eigenvalue weighted by Gasteiger charge is -2.27. The zero-order valence-corrected chi connectivity index (χ0v) is 10.5. The molecular weight excluding hydrogens is 220 g/mol. The minimum Gasteiger partial charge on any atom is -0.391 e. The van der Waals surface area contributed by atoms with Gasteiger partial charge >= 0.3 is 0 Å². The molecule has 0 fully saturated rings. The molecule has 3 atom stereocenters. The summed E-state index contributed by atoms with van der Waals surface area (Å²) in [6, 6.07) is 0. The van der Waals surface area contributed by atoms with Gasteiger partial charge in [0.25, 0.3) is 0 Å². The van der Waals surface area contributed by atoms with E-state index in [1.807, 2.05) is 13.8 Å². The van der Waals surface area contributed by atoms with Crippen LogP contribution >= 0.6 is 23.5 Å². The van der Waals surface area contributed by atoms with Crippen LogP contribution in [0.2, 0.25) is 0 Å². The summed E-state index contributed by atoms with van der Waals surface area (Å²) in [7, 11) is 0. The molecule has 0 radical (unpaired) electrons. The average molecular weight is 240 g/mol. The predicted octanol–water partition coefficient (Wildman–Crippen LogP) is 0.921. The minimum atomic E-state index is -1.06. The maximum absolute atomic E-state index is 9.76. The van der Waals surface area contributed by atoms with E-state index in [0.29, 0.717) is 0 Å². The second-order valence-electron chi connectivity index (χ2n) is 3.00. The molecule has 3 nitrogen and oxygen atoms in total. The summed E-state index contributed by atoms with van der Waals surface area (Å²) in [5, 5.41) is 28.4. The topological polar surface area (TPSA) is 60.7 Å². The van der Waals surface area contributed by atoms with Crippen LogP contribution < -0.4 is 0 Å². The highest BCUT2D eigenvalue weighted by molar-refractivity contribution is 8.17. The molecule has 0 aliphatic heterocycles. The molecule has 86 valence electrons. The van der Waals surface area contributed by atoms with Crippen molar-refractivity contribution < 1.29 is 15.3 Å². The Morgan fingerprint density at radius 3 is 1.64 bits per heavy atom. The summed E-state index contributed by atoms with van der Waals surface area (Å²) < 4.78 is -0.0606. The van der Waals surface area contributed by atoms with E-state index in [4.69, 9.17) is 5.11 Å². The van der Waals surface area contributed by atoms with Gasteiger partial charge in [-0.25, -0.2) is 0 Å². The molecule has 14 heavy (non-hydrogen) atoms. The molecule has 0 heterocycles. The largest absolute Gasteiger partial charge is 0.391 e. The van der Waals surface area contributed by atoms with Gasteiger partial charge in [-0.05, 0) is 18.4 Å². The van der Waals surface area contributed by atoms with E-state index in [1.54, 1.807) is 23.5 Å². The Labute approximate surface area is 94.3 Å². The van der Waals surface area contributed by atoms with Crippen LogP contribution in [-0.4, -0.2) is 49.7 Å². The summed E-state index contributed by atoms with van der Waals surface area (Å²) in [5.41, 5.74) is 0. The fourth-order valence-corrected chi connectivity index (χ4v) is 3.59. The summed E-state index contributed by atoms with van der Waals surface area (Å²) in [6.07, 6.45) is -2.81. The van der Waals surface area contributed by atoms with Gasteiger partial charge in [0.2, 0.25) is 0 Å². The lowest BCUT2D eigenvalue weighted by Crippen LogP contribution is -2.41. The Morgan fingerprint density at radius 1 is 0.929 bits per heavy atom. The lowest BCUT2D eigenvalue weighted by atomic mass is 10.1. The lowest BCUT2D eigenvalue weighted by molar-refractivity contribution is -0.0447. The van der Waals surface area contributed by atoms with Crippen molar-refractivity contribution in [2.75, 3.05) is 11.5 Å². The Hall–Kier alpha value is 0.580. The van der Waals surface area contributed by atoms with Crippen molar-refractivity contribution in [3.05, 3.63) is 0 Å². The van der Waals surface area contributed by atoms with Crippen LogP contribution in [0, 0.1) is 0 Å². The molecule has 0 spiro atoms. The molecule has 0 aromatic heterocycles. The first kappa shape index (κ1) is 14.6. The van der Waals surface area contributed by atoms with E-state index in [2.05, 4.69) is 0 Å². The SMILES string of the molecule is CCSC(SCC)[C@H](O)[C@@H](O)[C@H](C)O. The monoisotopic (exact) mass is 240 g/mol. The quantitative estimate of drug-likeness (QED) is 0.578. The second-order valence-corrected chi connectivity index (χ2v) is 6.14. The molecule has 0 saturated carbocycles. The summed E-state index contributed by atoms with van der Waals surface area (Å²) in [5.74, 6) is 1.78. The molecule has 0 aromatic rings. The summed E-state index contributed by atoms with van der Waals surface area (Å²) in [6.45, 7) is 5.50. The maximum Gasteiger partial charge on any atom is 0.107 e. The zero-order valence-electron chi connectivity index (χ0n) is 8.88. The van der Waals surface area contributed by atoms with E-state index in [1.165, 1.54) is 6.92 Å². The number of hydrogen-bond donors (Lipinski definition) is 3. The van der Waals surface area contributed by atoms with E-state index < -0.39 is 18.3 Å². The van der Waals surface area contributed by atoms with Crippen molar-refractivity contribution >= 4 is 23.5 Å². The van der Waals surface area contributed by atoms with E-state index in [-0.39, 0.29) is 4.58 Å². The predicted molar refractivity (Wildman–Crippen MR) is 63.7 cm³/mol. The number of thioether (sulfide) groups is 2. The summed E-state index contributed by atoms with van der Waals surface area (Å²) >= 11 is 3.19. The van der Waals surface area contributed by atoms with Gasteiger partial charge in [0.05, 0.1) is 10.7 Å². The summed E-state index contributed by atoms with van der Waals surface area (Å²) in [4.78, 5) is 0. The molecule has 0 amide bonds. The number of aliphatic hydroxyl groups is 3. The molecule has 0 rings (SSSR count). The van der Waals surface area contributed by atoms with E-state index in [0.717, 1.165) is 11.5 Å². The van der Waals surface area contributed by atoms with Gasteiger partial charge in [-0.2, -0.15) is 0 Å². The number of hydrogen-bond acceptors (Lipinski definition) is 5. The molecule has 5 heteroatoms. The van der Waals surface area contributed by atoms with Crippen LogP contribution in [0.15, 0.2) is 0 Å². The van der Waals surface area contributed by atoms with Crippen LogP contribution in [-0.2, 0) is 0 Å². The zero-order chi connectivity index (χ0) is 11.1. The Balaban J connectivity index is 4.18. The molecule has 0 aliphatic rings. The van der Waals surface area contributed by atoms with Crippen LogP contribution in [0.4, 0.5) is 0 Å². The van der Waals surface area contributed by atoms with Crippen LogP contribution in [0.5, 0.6) is 0 Å². The van der Waals surface area contributed by atoms with Crippen molar-refractivity contribution in [3.8, 4) is 0 Å². The van der Waals surface area contributed by atoms with E-state index in [9.17, 15) is 10.2 Å². The van der Waals surface area contributed by atoms with Crippen LogP contribution in [0.3, 0.4) is 0 Å². The molecule has 0 saturated heterocycles. The molecular formula is C9H20O3S2. The first-order valence-corrected chi connectivity index (χ1v) is 6.91. The van der Waals surface area contributed by atoms with Crippen molar-refractivity contribution in [3.63, 3.8) is 0 Å². The number of aliphatic hydroxyl groups excluding tert-OH is 3. The second kappa shape index (κ2) is 7.82. The maximum atomic E-state index is 9.76.